The van der Waals surface area contributed by atoms with E-state index in [1.54, 1.807) is 18.3 Å². The van der Waals surface area contributed by atoms with Crippen LogP contribution in [0.25, 0.3) is 0 Å². The fourth-order valence-electron chi connectivity index (χ4n) is 1.51. The molecular formula is C14H20BrNO3. The summed E-state index contributed by atoms with van der Waals surface area (Å²) in [6.45, 7) is 1.46. The molecule has 5 heteroatoms. The number of aromatic nitrogens is 1. The molecule has 0 saturated heterocycles. The van der Waals surface area contributed by atoms with E-state index >= 15 is 0 Å². The van der Waals surface area contributed by atoms with Gasteiger partial charge in [-0.2, -0.15) is 0 Å². The van der Waals surface area contributed by atoms with Gasteiger partial charge in [-0.3, -0.25) is 4.98 Å². The Bertz CT molecular complexity index is 346. The number of hydrogen-bond acceptors (Lipinski definition) is 4. The Morgan fingerprint density at radius 2 is 2.00 bits per heavy atom. The quantitative estimate of drug-likeness (QED) is 0.375. The Balaban J connectivity index is 1.95. The highest BCUT2D eigenvalue weighted by Gasteiger charge is 2.05. The highest BCUT2D eigenvalue weighted by Crippen LogP contribution is 2.02. The molecular weight excluding hydrogens is 310 g/mol. The van der Waals surface area contributed by atoms with E-state index in [2.05, 4.69) is 20.9 Å². The van der Waals surface area contributed by atoms with Crippen LogP contribution in [0.2, 0.25) is 0 Å². The fourth-order valence-corrected chi connectivity index (χ4v) is 1.91. The van der Waals surface area contributed by atoms with E-state index < -0.39 is 0 Å². The molecule has 1 aromatic rings. The van der Waals surface area contributed by atoms with Crippen LogP contribution in [0.3, 0.4) is 0 Å². The molecule has 1 heterocycles. The van der Waals surface area contributed by atoms with Crippen molar-refractivity contribution in [1.29, 1.82) is 0 Å². The molecule has 0 atom stereocenters. The largest absolute Gasteiger partial charge is 0.460 e. The van der Waals surface area contributed by atoms with Gasteiger partial charge in [-0.25, -0.2) is 4.79 Å². The fraction of sp³-hybridized carbons (Fsp3) is 0.571. The lowest BCUT2D eigenvalue weighted by Crippen LogP contribution is -2.11. The SMILES string of the molecule is O=C(OCCOCCCCCCBr)c1cccnc1. The number of hydrogen-bond donors (Lipinski definition) is 0. The zero-order valence-electron chi connectivity index (χ0n) is 11.0. The number of carbonyl (C=O) groups is 1. The topological polar surface area (TPSA) is 48.4 Å². The summed E-state index contributed by atoms with van der Waals surface area (Å²) >= 11 is 3.40. The van der Waals surface area contributed by atoms with Crippen LogP contribution >= 0.6 is 15.9 Å². The molecule has 0 N–H and O–H groups in total. The summed E-state index contributed by atoms with van der Waals surface area (Å²) in [6, 6.07) is 3.39. The van der Waals surface area contributed by atoms with E-state index in [1.165, 1.54) is 25.5 Å². The number of nitrogens with zero attached hydrogens (tertiary/aromatic N) is 1. The average Bonchev–Trinajstić information content (AvgIpc) is 2.46. The van der Waals surface area contributed by atoms with Gasteiger partial charge >= 0.3 is 5.97 Å². The van der Waals surface area contributed by atoms with Crippen LogP contribution < -0.4 is 0 Å². The first-order valence-corrected chi connectivity index (χ1v) is 7.67. The molecule has 0 saturated carbocycles. The molecule has 4 nitrogen and oxygen atoms in total. The minimum Gasteiger partial charge on any atom is -0.460 e. The molecule has 0 bridgehead atoms. The maximum Gasteiger partial charge on any atom is 0.339 e. The predicted molar refractivity (Wildman–Crippen MR) is 77.6 cm³/mol. The van der Waals surface area contributed by atoms with Crippen LogP contribution in [0, 0.1) is 0 Å². The van der Waals surface area contributed by atoms with Gasteiger partial charge in [0.05, 0.1) is 12.2 Å². The van der Waals surface area contributed by atoms with Crippen LogP contribution in [0.4, 0.5) is 0 Å². The number of esters is 1. The van der Waals surface area contributed by atoms with E-state index in [0.717, 1.165) is 18.4 Å². The van der Waals surface area contributed by atoms with Gasteiger partial charge in [-0.15, -0.1) is 0 Å². The van der Waals surface area contributed by atoms with Gasteiger partial charge in [0.2, 0.25) is 0 Å². The summed E-state index contributed by atoms with van der Waals surface area (Å²) in [7, 11) is 0. The number of halogens is 1. The van der Waals surface area contributed by atoms with Crippen molar-refractivity contribution in [3.8, 4) is 0 Å². The van der Waals surface area contributed by atoms with Gasteiger partial charge in [0.25, 0.3) is 0 Å². The summed E-state index contributed by atoms with van der Waals surface area (Å²) in [5.41, 5.74) is 0.470. The Hall–Kier alpha value is -0.940. The number of rotatable bonds is 10. The average molecular weight is 330 g/mol. The summed E-state index contributed by atoms with van der Waals surface area (Å²) < 4.78 is 10.5. The number of alkyl halides is 1. The van der Waals surface area contributed by atoms with Crippen LogP contribution in [-0.2, 0) is 9.47 Å². The number of carbonyl (C=O) groups excluding carboxylic acids is 1. The summed E-state index contributed by atoms with van der Waals surface area (Å²) in [5.74, 6) is -0.353. The molecule has 0 aliphatic rings. The maximum atomic E-state index is 11.5. The number of ether oxygens (including phenoxy) is 2. The molecule has 0 spiro atoms. The molecule has 0 amide bonds. The van der Waals surface area contributed by atoms with Crippen LogP contribution in [0.5, 0.6) is 0 Å². The molecule has 106 valence electrons. The van der Waals surface area contributed by atoms with Gasteiger partial charge in [-0.1, -0.05) is 28.8 Å². The van der Waals surface area contributed by atoms with E-state index in [0.29, 0.717) is 12.2 Å². The van der Waals surface area contributed by atoms with Crippen LogP contribution in [-0.4, -0.2) is 36.1 Å². The Labute approximate surface area is 122 Å². The normalized spacial score (nSPS) is 10.4. The maximum absolute atomic E-state index is 11.5. The van der Waals surface area contributed by atoms with E-state index in [9.17, 15) is 4.79 Å². The van der Waals surface area contributed by atoms with Gasteiger partial charge in [-0.05, 0) is 25.0 Å². The van der Waals surface area contributed by atoms with Gasteiger partial charge in [0.1, 0.15) is 6.61 Å². The second-order valence-electron chi connectivity index (χ2n) is 4.09. The molecule has 0 unspecified atom stereocenters. The number of pyridine rings is 1. The van der Waals surface area contributed by atoms with Crippen molar-refractivity contribution >= 4 is 21.9 Å². The summed E-state index contributed by atoms with van der Waals surface area (Å²) in [6.07, 6.45) is 7.79. The van der Waals surface area contributed by atoms with Crippen LogP contribution in [0.15, 0.2) is 24.5 Å². The molecule has 0 radical (unpaired) electrons. The highest BCUT2D eigenvalue weighted by molar-refractivity contribution is 9.09. The minimum absolute atomic E-state index is 0.287. The van der Waals surface area contributed by atoms with Crippen molar-refractivity contribution in [3.63, 3.8) is 0 Å². The Morgan fingerprint density at radius 1 is 1.16 bits per heavy atom. The van der Waals surface area contributed by atoms with Crippen molar-refractivity contribution in [1.82, 2.24) is 4.98 Å². The molecule has 1 rings (SSSR count). The second kappa shape index (κ2) is 10.9. The van der Waals surface area contributed by atoms with Crippen molar-refractivity contribution < 1.29 is 14.3 Å². The standard InChI is InChI=1S/C14H20BrNO3/c15-7-3-1-2-4-9-18-10-11-19-14(17)13-6-5-8-16-12-13/h5-6,8,12H,1-4,7,9-11H2. The third kappa shape index (κ3) is 7.95. The van der Waals surface area contributed by atoms with E-state index in [1.807, 2.05) is 0 Å². The smallest absolute Gasteiger partial charge is 0.339 e. The predicted octanol–water partition coefficient (Wildman–Crippen LogP) is 3.21. The van der Waals surface area contributed by atoms with Crippen molar-refractivity contribution in [2.75, 3.05) is 25.2 Å². The van der Waals surface area contributed by atoms with Crippen molar-refractivity contribution in [2.45, 2.75) is 25.7 Å². The molecule has 0 fully saturated rings. The monoisotopic (exact) mass is 329 g/mol. The van der Waals surface area contributed by atoms with E-state index in [4.69, 9.17) is 9.47 Å². The third-order valence-corrected chi connectivity index (χ3v) is 3.09. The van der Waals surface area contributed by atoms with Gasteiger partial charge < -0.3 is 9.47 Å². The Morgan fingerprint density at radius 3 is 2.74 bits per heavy atom. The highest BCUT2D eigenvalue weighted by atomic mass is 79.9. The first kappa shape index (κ1) is 16.1. The van der Waals surface area contributed by atoms with E-state index in [-0.39, 0.29) is 12.6 Å². The lowest BCUT2D eigenvalue weighted by molar-refractivity contribution is 0.0312. The molecule has 0 aliphatic heterocycles. The molecule has 0 aromatic carbocycles. The second-order valence-corrected chi connectivity index (χ2v) is 4.89. The first-order chi connectivity index (χ1) is 9.34. The molecule has 0 aliphatic carbocycles. The summed E-state index contributed by atoms with van der Waals surface area (Å²) in [4.78, 5) is 15.4. The number of unbranched alkanes of at least 4 members (excludes halogenated alkanes) is 3. The van der Waals surface area contributed by atoms with Crippen molar-refractivity contribution in [2.24, 2.45) is 0 Å². The zero-order valence-corrected chi connectivity index (χ0v) is 12.6. The first-order valence-electron chi connectivity index (χ1n) is 6.55. The minimum atomic E-state index is -0.353. The van der Waals surface area contributed by atoms with Gasteiger partial charge in [0.15, 0.2) is 0 Å². The van der Waals surface area contributed by atoms with Crippen LogP contribution in [0.1, 0.15) is 36.0 Å². The zero-order chi connectivity index (χ0) is 13.8. The lowest BCUT2D eigenvalue weighted by Gasteiger charge is -2.06. The van der Waals surface area contributed by atoms with Gasteiger partial charge in [0, 0.05) is 24.3 Å². The molecule has 1 aromatic heterocycles. The lowest BCUT2D eigenvalue weighted by atomic mass is 10.2. The molecule has 19 heavy (non-hydrogen) atoms. The Kier molecular flexibility index (Phi) is 9.27. The van der Waals surface area contributed by atoms with Crippen molar-refractivity contribution in [3.05, 3.63) is 30.1 Å². The third-order valence-electron chi connectivity index (χ3n) is 2.53. The summed E-state index contributed by atoms with van der Waals surface area (Å²) in [5, 5.41) is 1.07.